The maximum absolute atomic E-state index is 6.37. The maximum atomic E-state index is 6.37. The zero-order valence-electron chi connectivity index (χ0n) is 13.0. The van der Waals surface area contributed by atoms with Crippen molar-refractivity contribution < 1.29 is 9.47 Å². The zero-order valence-corrected chi connectivity index (χ0v) is 13.8. The Morgan fingerprint density at radius 1 is 1.52 bits per heavy atom. The summed E-state index contributed by atoms with van der Waals surface area (Å²) in [5.74, 6) is 1.74. The van der Waals surface area contributed by atoms with Gasteiger partial charge in [0.25, 0.3) is 0 Å². The molecule has 0 aliphatic carbocycles. The minimum Gasteiger partial charge on any atom is -0.497 e. The molecule has 0 amide bonds. The van der Waals surface area contributed by atoms with E-state index < -0.39 is 0 Å². The van der Waals surface area contributed by atoms with E-state index >= 15 is 0 Å². The van der Waals surface area contributed by atoms with E-state index in [2.05, 4.69) is 31.0 Å². The average molecular weight is 306 g/mol. The van der Waals surface area contributed by atoms with Gasteiger partial charge in [-0.1, -0.05) is 6.92 Å². The smallest absolute Gasteiger partial charge is 0.184 e. The quantitative estimate of drug-likeness (QED) is 0.868. The van der Waals surface area contributed by atoms with Crippen molar-refractivity contribution >= 4 is 17.3 Å². The first-order valence-electron chi connectivity index (χ1n) is 7.44. The van der Waals surface area contributed by atoms with Crippen molar-refractivity contribution in [1.82, 2.24) is 10.2 Å². The van der Waals surface area contributed by atoms with Gasteiger partial charge in [0.2, 0.25) is 0 Å². The summed E-state index contributed by atoms with van der Waals surface area (Å²) >= 11 is 5.55. The van der Waals surface area contributed by atoms with Gasteiger partial charge in [0, 0.05) is 24.6 Å². The molecule has 1 saturated heterocycles. The first-order valence-corrected chi connectivity index (χ1v) is 7.85. The van der Waals surface area contributed by atoms with Crippen LogP contribution in [0.4, 0.5) is 0 Å². The molecule has 1 aromatic carbocycles. The van der Waals surface area contributed by atoms with Crippen LogP contribution in [-0.4, -0.2) is 29.4 Å². The van der Waals surface area contributed by atoms with Crippen LogP contribution in [0.15, 0.2) is 12.1 Å². The summed E-state index contributed by atoms with van der Waals surface area (Å²) in [6, 6.07) is 4.24. The second-order valence-corrected chi connectivity index (χ2v) is 6.38. The van der Waals surface area contributed by atoms with E-state index in [0.717, 1.165) is 36.0 Å². The lowest BCUT2D eigenvalue weighted by molar-refractivity contribution is -0.0682. The Hall–Kier alpha value is -1.49. The Balaban J connectivity index is 2.07. The van der Waals surface area contributed by atoms with E-state index in [-0.39, 0.29) is 11.8 Å². The molecule has 2 aliphatic rings. The molecule has 0 spiro atoms. The van der Waals surface area contributed by atoms with Crippen molar-refractivity contribution in [2.24, 2.45) is 0 Å². The summed E-state index contributed by atoms with van der Waals surface area (Å²) in [4.78, 5) is 2.16. The molecule has 114 valence electrons. The third kappa shape index (κ3) is 2.24. The molecule has 4 nitrogen and oxygen atoms in total. The van der Waals surface area contributed by atoms with Gasteiger partial charge < -0.3 is 19.7 Å². The van der Waals surface area contributed by atoms with E-state index in [1.807, 2.05) is 12.1 Å². The predicted molar refractivity (Wildman–Crippen MR) is 86.9 cm³/mol. The highest BCUT2D eigenvalue weighted by atomic mass is 32.1. The summed E-state index contributed by atoms with van der Waals surface area (Å²) in [5.41, 5.74) is 2.00. The number of thiocarbonyl (C=S) groups is 1. The Morgan fingerprint density at radius 3 is 2.95 bits per heavy atom. The first-order chi connectivity index (χ1) is 9.98. The van der Waals surface area contributed by atoms with Gasteiger partial charge in [-0.3, -0.25) is 0 Å². The number of ether oxygens (including phenoxy) is 2. The second-order valence-electron chi connectivity index (χ2n) is 5.99. The number of hydrogen-bond donors (Lipinski definition) is 1. The topological polar surface area (TPSA) is 33.7 Å². The molecule has 3 rings (SSSR count). The normalized spacial score (nSPS) is 26.8. The monoisotopic (exact) mass is 306 g/mol. The highest BCUT2D eigenvalue weighted by Crippen LogP contribution is 2.46. The van der Waals surface area contributed by atoms with Gasteiger partial charge in [0.15, 0.2) is 10.8 Å². The van der Waals surface area contributed by atoms with Gasteiger partial charge in [0.1, 0.15) is 11.5 Å². The fourth-order valence-corrected chi connectivity index (χ4v) is 3.86. The van der Waals surface area contributed by atoms with Crippen molar-refractivity contribution in [2.45, 2.75) is 45.4 Å². The summed E-state index contributed by atoms with van der Waals surface area (Å²) in [7, 11) is 1.68. The number of nitrogens with one attached hydrogen (secondary N) is 1. The highest BCUT2D eigenvalue weighted by Gasteiger charge is 2.47. The molecule has 2 unspecified atom stereocenters. The van der Waals surface area contributed by atoms with Crippen molar-refractivity contribution in [3.8, 4) is 11.5 Å². The van der Waals surface area contributed by atoms with Crippen LogP contribution in [0.2, 0.25) is 0 Å². The first kappa shape index (κ1) is 14.4. The zero-order chi connectivity index (χ0) is 15.2. The molecule has 1 fully saturated rings. The van der Waals surface area contributed by atoms with Gasteiger partial charge in [-0.25, -0.2) is 0 Å². The molecule has 1 aromatic rings. The molecule has 0 saturated carbocycles. The SMILES string of the molecule is CCCN1C(=S)NC2CC1(C)Oc1cc(OC)cc(C)c12. The summed E-state index contributed by atoms with van der Waals surface area (Å²) in [5, 5.41) is 4.27. The number of fused-ring (bicyclic) bond motifs is 4. The highest BCUT2D eigenvalue weighted by molar-refractivity contribution is 7.80. The van der Waals surface area contributed by atoms with Crippen LogP contribution in [-0.2, 0) is 0 Å². The van der Waals surface area contributed by atoms with Crippen molar-refractivity contribution in [3.63, 3.8) is 0 Å². The van der Waals surface area contributed by atoms with E-state index in [9.17, 15) is 0 Å². The standard InChI is InChI=1S/C16H22N2O2S/c1-5-6-18-15(21)17-12-9-16(18,3)20-13-8-11(19-4)7-10(2)14(12)13/h7-8,12H,5-6,9H2,1-4H3,(H,17,21). The molecule has 0 radical (unpaired) electrons. The summed E-state index contributed by atoms with van der Waals surface area (Å²) in [6.45, 7) is 7.27. The van der Waals surface area contributed by atoms with Crippen LogP contribution < -0.4 is 14.8 Å². The third-order valence-electron chi connectivity index (χ3n) is 4.38. The number of methoxy groups -OCH3 is 1. The molecule has 2 aliphatic heterocycles. The minimum atomic E-state index is -0.380. The van der Waals surface area contributed by atoms with E-state index in [1.54, 1.807) is 7.11 Å². The van der Waals surface area contributed by atoms with Crippen LogP contribution >= 0.6 is 12.2 Å². The van der Waals surface area contributed by atoms with Crippen molar-refractivity contribution in [3.05, 3.63) is 23.3 Å². The van der Waals surface area contributed by atoms with Gasteiger partial charge in [-0.15, -0.1) is 0 Å². The number of hydrogen-bond acceptors (Lipinski definition) is 3. The Labute approximate surface area is 131 Å². The van der Waals surface area contributed by atoms with Gasteiger partial charge >= 0.3 is 0 Å². The van der Waals surface area contributed by atoms with Crippen molar-refractivity contribution in [1.29, 1.82) is 0 Å². The van der Waals surface area contributed by atoms with E-state index in [0.29, 0.717) is 0 Å². The Morgan fingerprint density at radius 2 is 2.29 bits per heavy atom. The van der Waals surface area contributed by atoms with Crippen molar-refractivity contribution in [2.75, 3.05) is 13.7 Å². The largest absolute Gasteiger partial charge is 0.497 e. The van der Waals surface area contributed by atoms with Gasteiger partial charge in [0.05, 0.1) is 13.2 Å². The van der Waals surface area contributed by atoms with E-state index in [1.165, 1.54) is 11.1 Å². The maximum Gasteiger partial charge on any atom is 0.184 e. The van der Waals surface area contributed by atoms with Crippen LogP contribution in [0.25, 0.3) is 0 Å². The molecular weight excluding hydrogens is 284 g/mol. The number of rotatable bonds is 3. The molecule has 5 heteroatoms. The Kier molecular flexibility index (Phi) is 3.48. The average Bonchev–Trinajstić information content (AvgIpc) is 2.42. The molecular formula is C16H22N2O2S. The van der Waals surface area contributed by atoms with Gasteiger partial charge in [-0.05, 0) is 44.1 Å². The molecule has 0 aromatic heterocycles. The third-order valence-corrected chi connectivity index (χ3v) is 4.72. The summed E-state index contributed by atoms with van der Waals surface area (Å²) < 4.78 is 11.7. The lowest BCUT2D eigenvalue weighted by atomic mass is 9.88. The molecule has 2 heterocycles. The van der Waals surface area contributed by atoms with Crippen LogP contribution in [0.3, 0.4) is 0 Å². The number of benzene rings is 1. The number of aryl methyl sites for hydroxylation is 1. The van der Waals surface area contributed by atoms with Gasteiger partial charge in [-0.2, -0.15) is 0 Å². The molecule has 2 bridgehead atoms. The predicted octanol–water partition coefficient (Wildman–Crippen LogP) is 3.14. The Bertz CT molecular complexity index is 590. The fourth-order valence-electron chi connectivity index (χ4n) is 3.43. The number of nitrogens with zero attached hydrogens (tertiary/aromatic N) is 1. The second kappa shape index (κ2) is 5.05. The van der Waals surface area contributed by atoms with Crippen LogP contribution in [0.1, 0.15) is 43.9 Å². The molecule has 1 N–H and O–H groups in total. The molecule has 21 heavy (non-hydrogen) atoms. The van der Waals surface area contributed by atoms with Crippen LogP contribution in [0, 0.1) is 6.92 Å². The lowest BCUT2D eigenvalue weighted by Gasteiger charge is -2.52. The fraction of sp³-hybridized carbons (Fsp3) is 0.562. The van der Waals surface area contributed by atoms with E-state index in [4.69, 9.17) is 21.7 Å². The lowest BCUT2D eigenvalue weighted by Crippen LogP contribution is -2.64. The molecule has 2 atom stereocenters. The van der Waals surface area contributed by atoms with Crippen LogP contribution in [0.5, 0.6) is 11.5 Å². The summed E-state index contributed by atoms with van der Waals surface area (Å²) in [6.07, 6.45) is 1.93. The minimum absolute atomic E-state index is 0.213.